The minimum Gasteiger partial charge on any atom is -0.348 e. The summed E-state index contributed by atoms with van der Waals surface area (Å²) in [6.45, 7) is 4.28. The van der Waals surface area contributed by atoms with Gasteiger partial charge in [0.2, 0.25) is 5.91 Å². The Balaban J connectivity index is 2.52. The van der Waals surface area contributed by atoms with Crippen molar-refractivity contribution in [3.63, 3.8) is 0 Å². The van der Waals surface area contributed by atoms with Gasteiger partial charge in [0.25, 0.3) is 0 Å². The van der Waals surface area contributed by atoms with E-state index in [1.165, 1.54) is 4.88 Å². The summed E-state index contributed by atoms with van der Waals surface area (Å²) in [6.07, 6.45) is 0. The second-order valence-corrected chi connectivity index (χ2v) is 6.34. The number of rotatable bonds is 5. The van der Waals surface area contributed by atoms with E-state index in [4.69, 9.17) is 0 Å². The molecule has 3 nitrogen and oxygen atoms in total. The summed E-state index contributed by atoms with van der Waals surface area (Å²) in [7, 11) is 3.58. The maximum atomic E-state index is 11.6. The van der Waals surface area contributed by atoms with Crippen molar-refractivity contribution < 1.29 is 4.79 Å². The fourth-order valence-electron chi connectivity index (χ4n) is 1.27. The number of carbonyl (C=O) groups is 1. The molecule has 1 rings (SSSR count). The second kappa shape index (κ2) is 6.37. The highest BCUT2D eigenvalue weighted by Crippen LogP contribution is 2.23. The van der Waals surface area contributed by atoms with E-state index in [1.54, 1.807) is 30.3 Å². The second-order valence-electron chi connectivity index (χ2n) is 3.80. The lowest BCUT2D eigenvalue weighted by atomic mass is 10.4. The fraction of sp³-hybridized carbons (Fsp3) is 0.545. The van der Waals surface area contributed by atoms with Gasteiger partial charge in [0, 0.05) is 25.5 Å². The van der Waals surface area contributed by atoms with E-state index >= 15 is 0 Å². The minimum atomic E-state index is 0.150. The molecule has 90 valence electrons. The Kier molecular flexibility index (Phi) is 5.44. The SMILES string of the molecule is CCN(CC(=O)N(C)C)Cc1ccc(Br)s1. The third-order valence-corrected chi connectivity index (χ3v) is 3.92. The van der Waals surface area contributed by atoms with E-state index in [0.717, 1.165) is 16.9 Å². The van der Waals surface area contributed by atoms with Crippen LogP contribution in [0.5, 0.6) is 0 Å². The lowest BCUT2D eigenvalue weighted by Gasteiger charge is -2.21. The first-order valence-electron chi connectivity index (χ1n) is 5.19. The number of nitrogens with zero attached hydrogens (tertiary/aromatic N) is 2. The number of carbonyl (C=O) groups excluding carboxylic acids is 1. The molecule has 0 fully saturated rings. The van der Waals surface area contributed by atoms with E-state index in [2.05, 4.69) is 33.8 Å². The van der Waals surface area contributed by atoms with Crippen LogP contribution in [0.15, 0.2) is 15.9 Å². The first-order valence-corrected chi connectivity index (χ1v) is 6.80. The summed E-state index contributed by atoms with van der Waals surface area (Å²) in [5.41, 5.74) is 0. The van der Waals surface area contributed by atoms with Crippen molar-refractivity contribution in [1.29, 1.82) is 0 Å². The van der Waals surface area contributed by atoms with Crippen molar-refractivity contribution in [3.8, 4) is 0 Å². The number of likely N-dealkylation sites (N-methyl/N-ethyl adjacent to an activating group) is 2. The van der Waals surface area contributed by atoms with Gasteiger partial charge >= 0.3 is 0 Å². The molecule has 1 amide bonds. The Hall–Kier alpha value is -0.390. The van der Waals surface area contributed by atoms with Crippen LogP contribution in [0.1, 0.15) is 11.8 Å². The third kappa shape index (κ3) is 4.23. The van der Waals surface area contributed by atoms with Crippen LogP contribution >= 0.6 is 27.3 Å². The van der Waals surface area contributed by atoms with Gasteiger partial charge in [-0.2, -0.15) is 0 Å². The average Bonchev–Trinajstić information content (AvgIpc) is 2.62. The van der Waals surface area contributed by atoms with E-state index in [-0.39, 0.29) is 5.91 Å². The summed E-state index contributed by atoms with van der Waals surface area (Å²) in [5, 5.41) is 0. The lowest BCUT2D eigenvalue weighted by molar-refractivity contribution is -0.130. The number of hydrogen-bond acceptors (Lipinski definition) is 3. The van der Waals surface area contributed by atoms with Crippen LogP contribution in [0.25, 0.3) is 0 Å². The van der Waals surface area contributed by atoms with Crippen LogP contribution in [0.3, 0.4) is 0 Å². The van der Waals surface area contributed by atoms with Crippen molar-refractivity contribution in [3.05, 3.63) is 20.8 Å². The molecule has 0 saturated carbocycles. The summed E-state index contributed by atoms with van der Waals surface area (Å²) in [4.78, 5) is 16.6. The fourth-order valence-corrected chi connectivity index (χ4v) is 2.79. The monoisotopic (exact) mass is 304 g/mol. The average molecular weight is 305 g/mol. The molecule has 1 aromatic rings. The molecule has 0 aliphatic heterocycles. The summed E-state index contributed by atoms with van der Waals surface area (Å²) >= 11 is 5.16. The molecule has 0 N–H and O–H groups in total. The summed E-state index contributed by atoms with van der Waals surface area (Å²) in [6, 6.07) is 4.14. The van der Waals surface area contributed by atoms with E-state index in [0.29, 0.717) is 6.54 Å². The zero-order valence-electron chi connectivity index (χ0n) is 9.86. The molecule has 0 spiro atoms. The predicted molar refractivity (Wildman–Crippen MR) is 71.7 cm³/mol. The van der Waals surface area contributed by atoms with Crippen LogP contribution in [-0.4, -0.2) is 42.9 Å². The van der Waals surface area contributed by atoms with Crippen molar-refractivity contribution in [1.82, 2.24) is 9.80 Å². The van der Waals surface area contributed by atoms with E-state index < -0.39 is 0 Å². The highest BCUT2D eigenvalue weighted by Gasteiger charge is 2.11. The number of halogens is 1. The molecule has 0 saturated heterocycles. The predicted octanol–water partition coefficient (Wildman–Crippen LogP) is 2.42. The summed E-state index contributed by atoms with van der Waals surface area (Å²) < 4.78 is 1.14. The molecule has 0 aliphatic carbocycles. The standard InChI is InChI=1S/C11H17BrN2OS/c1-4-14(8-11(15)13(2)3)7-9-5-6-10(12)16-9/h5-6H,4,7-8H2,1-3H3. The largest absolute Gasteiger partial charge is 0.348 e. The molecule has 1 heterocycles. The van der Waals surface area contributed by atoms with Gasteiger partial charge in [0.15, 0.2) is 0 Å². The molecule has 0 aliphatic rings. The molecule has 0 unspecified atom stereocenters. The van der Waals surface area contributed by atoms with Gasteiger partial charge in [-0.15, -0.1) is 11.3 Å². The van der Waals surface area contributed by atoms with Gasteiger partial charge in [-0.25, -0.2) is 0 Å². The molecule has 0 bridgehead atoms. The van der Waals surface area contributed by atoms with Crippen molar-refractivity contribution in [2.45, 2.75) is 13.5 Å². The maximum Gasteiger partial charge on any atom is 0.236 e. The van der Waals surface area contributed by atoms with Gasteiger partial charge < -0.3 is 4.90 Å². The number of thiophene rings is 1. The molecular weight excluding hydrogens is 288 g/mol. The van der Waals surface area contributed by atoms with Gasteiger partial charge in [-0.3, -0.25) is 9.69 Å². The van der Waals surface area contributed by atoms with E-state index in [1.807, 2.05) is 6.07 Å². The van der Waals surface area contributed by atoms with Crippen LogP contribution in [0.4, 0.5) is 0 Å². The third-order valence-electron chi connectivity index (χ3n) is 2.31. The minimum absolute atomic E-state index is 0.150. The Morgan fingerprint density at radius 1 is 1.44 bits per heavy atom. The highest BCUT2D eigenvalue weighted by molar-refractivity contribution is 9.11. The number of hydrogen-bond donors (Lipinski definition) is 0. The van der Waals surface area contributed by atoms with Gasteiger partial charge in [-0.1, -0.05) is 6.92 Å². The molecule has 0 atom stereocenters. The van der Waals surface area contributed by atoms with Crippen molar-refractivity contribution >= 4 is 33.2 Å². The quantitative estimate of drug-likeness (QED) is 0.834. The van der Waals surface area contributed by atoms with Crippen molar-refractivity contribution in [2.24, 2.45) is 0 Å². The van der Waals surface area contributed by atoms with Gasteiger partial charge in [0.05, 0.1) is 10.3 Å². The summed E-state index contributed by atoms with van der Waals surface area (Å²) in [5.74, 6) is 0.150. The zero-order valence-corrected chi connectivity index (χ0v) is 12.3. The van der Waals surface area contributed by atoms with E-state index in [9.17, 15) is 4.79 Å². The van der Waals surface area contributed by atoms with Crippen LogP contribution in [0.2, 0.25) is 0 Å². The van der Waals surface area contributed by atoms with Crippen LogP contribution in [-0.2, 0) is 11.3 Å². The van der Waals surface area contributed by atoms with Crippen LogP contribution < -0.4 is 0 Å². The Labute approximate surface area is 109 Å². The molecular formula is C11H17BrN2OS. The van der Waals surface area contributed by atoms with Gasteiger partial charge in [0.1, 0.15) is 0 Å². The first kappa shape index (κ1) is 13.7. The van der Waals surface area contributed by atoms with Crippen molar-refractivity contribution in [2.75, 3.05) is 27.2 Å². The molecule has 0 aromatic carbocycles. The normalized spacial score (nSPS) is 10.8. The Morgan fingerprint density at radius 3 is 2.56 bits per heavy atom. The molecule has 16 heavy (non-hydrogen) atoms. The lowest BCUT2D eigenvalue weighted by Crippen LogP contribution is -2.36. The molecule has 0 radical (unpaired) electrons. The Bertz CT molecular complexity index is 352. The first-order chi connectivity index (χ1) is 7.52. The number of amides is 1. The Morgan fingerprint density at radius 2 is 2.12 bits per heavy atom. The van der Waals surface area contributed by atoms with Gasteiger partial charge in [-0.05, 0) is 34.6 Å². The topological polar surface area (TPSA) is 23.6 Å². The highest BCUT2D eigenvalue weighted by atomic mass is 79.9. The zero-order chi connectivity index (χ0) is 12.1. The molecule has 1 aromatic heterocycles. The smallest absolute Gasteiger partial charge is 0.236 e. The van der Waals surface area contributed by atoms with Crippen LogP contribution in [0, 0.1) is 0 Å². The molecule has 5 heteroatoms. The maximum absolute atomic E-state index is 11.6.